The molecule has 4 N–H and O–H groups in total. The number of phenols is 1. The van der Waals surface area contributed by atoms with E-state index in [1.165, 1.54) is 0 Å². The Morgan fingerprint density at radius 3 is 2.39 bits per heavy atom. The van der Waals surface area contributed by atoms with E-state index in [2.05, 4.69) is 31.8 Å². The molecule has 7 nitrogen and oxygen atoms in total. The summed E-state index contributed by atoms with van der Waals surface area (Å²) in [6.45, 7) is 5.32. The molecule has 0 unspecified atom stereocenters. The van der Waals surface area contributed by atoms with Gasteiger partial charge in [0.05, 0.1) is 11.1 Å². The molecule has 44 heavy (non-hydrogen) atoms. The van der Waals surface area contributed by atoms with Crippen molar-refractivity contribution < 1.29 is 34.8 Å². The topological polar surface area (TPSA) is 132 Å². The highest BCUT2D eigenvalue weighted by Crippen LogP contribution is 2.53. The minimum Gasteiger partial charge on any atom is -0.511 e. The predicted octanol–water partition coefficient (Wildman–Crippen LogP) is 6.33. The van der Waals surface area contributed by atoms with E-state index in [-0.39, 0.29) is 41.7 Å². The van der Waals surface area contributed by atoms with Gasteiger partial charge in [-0.2, -0.15) is 0 Å². The van der Waals surface area contributed by atoms with Crippen molar-refractivity contribution in [3.8, 4) is 28.7 Å². The molecule has 4 aliphatic carbocycles. The number of rotatable bonds is 3. The third-order valence-electron chi connectivity index (χ3n) is 9.70. The van der Waals surface area contributed by atoms with Gasteiger partial charge in [0, 0.05) is 17.9 Å². The highest BCUT2D eigenvalue weighted by Gasteiger charge is 2.59. The van der Waals surface area contributed by atoms with Gasteiger partial charge in [0.15, 0.2) is 17.2 Å². The zero-order valence-corrected chi connectivity index (χ0v) is 25.2. The maximum atomic E-state index is 14.3. The standard InChI is InChI=1S/C37H36O7/c1-19(2)22-11-13-23(14-12-22)27-16-24(10-9-21-7-5-4-6-8-21)33(40)32-28(27)17-25-15-26-18-29(39)30(20(3)38)35(42)37(26,44)36(43)31(25)34(32)41/h7,11-14,16,19,25-26,39-40,43-44H,4-6,8,15,17-18H2,1-3H3/t25-,26+,37-/m0/s1. The normalized spacial score (nSPS) is 24.7. The van der Waals surface area contributed by atoms with E-state index >= 15 is 0 Å². The van der Waals surface area contributed by atoms with Gasteiger partial charge in [-0.1, -0.05) is 56.0 Å². The van der Waals surface area contributed by atoms with Gasteiger partial charge in [-0.3, -0.25) is 14.4 Å². The molecule has 0 aliphatic heterocycles. The summed E-state index contributed by atoms with van der Waals surface area (Å²) in [4.78, 5) is 39.8. The molecule has 226 valence electrons. The molecule has 2 aromatic carbocycles. The van der Waals surface area contributed by atoms with Gasteiger partial charge >= 0.3 is 0 Å². The molecule has 0 spiro atoms. The lowest BCUT2D eigenvalue weighted by molar-refractivity contribution is -0.144. The number of aliphatic hydroxyl groups excluding tert-OH is 2. The Labute approximate surface area is 256 Å². The number of aromatic hydroxyl groups is 1. The Bertz CT molecular complexity index is 1770. The number of aliphatic hydroxyl groups is 3. The zero-order chi connectivity index (χ0) is 31.5. The molecule has 7 heteroatoms. The number of allylic oxidation sites excluding steroid dienone is 4. The molecule has 4 aliphatic rings. The lowest BCUT2D eigenvalue weighted by Crippen LogP contribution is -2.56. The first kappa shape index (κ1) is 29.7. The Hall–Kier alpha value is -4.41. The smallest absolute Gasteiger partial charge is 0.209 e. The van der Waals surface area contributed by atoms with Gasteiger partial charge in [0.25, 0.3) is 0 Å². The zero-order valence-electron chi connectivity index (χ0n) is 25.2. The van der Waals surface area contributed by atoms with E-state index in [9.17, 15) is 34.8 Å². The third kappa shape index (κ3) is 4.60. The quantitative estimate of drug-likeness (QED) is 0.242. The number of ketones is 3. The summed E-state index contributed by atoms with van der Waals surface area (Å²) in [5.74, 6) is 0.996. The fourth-order valence-corrected chi connectivity index (χ4v) is 7.30. The van der Waals surface area contributed by atoms with Crippen molar-refractivity contribution in [3.05, 3.63) is 86.9 Å². The first-order valence-electron chi connectivity index (χ1n) is 15.3. The first-order valence-corrected chi connectivity index (χ1v) is 15.3. The van der Waals surface area contributed by atoms with Crippen LogP contribution >= 0.6 is 0 Å². The van der Waals surface area contributed by atoms with Crippen LogP contribution in [0, 0.1) is 23.7 Å². The molecule has 0 saturated heterocycles. The minimum absolute atomic E-state index is 0.00866. The Morgan fingerprint density at radius 1 is 1.02 bits per heavy atom. The Kier molecular flexibility index (Phi) is 7.37. The van der Waals surface area contributed by atoms with Crippen molar-refractivity contribution in [2.75, 3.05) is 0 Å². The summed E-state index contributed by atoms with van der Waals surface area (Å²) in [6, 6.07) is 9.86. The molecule has 2 aromatic rings. The van der Waals surface area contributed by atoms with Crippen LogP contribution in [0.5, 0.6) is 5.75 Å². The first-order chi connectivity index (χ1) is 20.9. The van der Waals surface area contributed by atoms with E-state index in [1.807, 2.05) is 30.3 Å². The van der Waals surface area contributed by atoms with Gasteiger partial charge < -0.3 is 20.4 Å². The summed E-state index contributed by atoms with van der Waals surface area (Å²) in [6.07, 6.45) is 6.22. The Morgan fingerprint density at radius 2 is 1.75 bits per heavy atom. The lowest BCUT2D eigenvalue weighted by Gasteiger charge is -2.45. The molecule has 6 rings (SSSR count). The van der Waals surface area contributed by atoms with Crippen LogP contribution in [0.2, 0.25) is 0 Å². The summed E-state index contributed by atoms with van der Waals surface area (Å²) in [5.41, 5.74) is 1.36. The molecule has 0 heterocycles. The number of hydrogen-bond acceptors (Lipinski definition) is 7. The highest BCUT2D eigenvalue weighted by molar-refractivity contribution is 6.25. The van der Waals surface area contributed by atoms with Crippen molar-refractivity contribution in [2.45, 2.75) is 77.2 Å². The molecule has 0 fully saturated rings. The average Bonchev–Trinajstić information content (AvgIpc) is 2.99. The van der Waals surface area contributed by atoms with Crippen LogP contribution in [0.1, 0.15) is 92.3 Å². The van der Waals surface area contributed by atoms with Crippen LogP contribution in [0.25, 0.3) is 11.1 Å². The molecular weight excluding hydrogens is 556 g/mol. The average molecular weight is 593 g/mol. The predicted molar refractivity (Wildman–Crippen MR) is 165 cm³/mol. The number of Topliss-reactive ketones (excluding diaryl/α,β-unsaturated/α-hetero) is 3. The minimum atomic E-state index is -2.53. The van der Waals surface area contributed by atoms with Crippen molar-refractivity contribution in [1.29, 1.82) is 0 Å². The van der Waals surface area contributed by atoms with Gasteiger partial charge in [-0.25, -0.2) is 0 Å². The van der Waals surface area contributed by atoms with Crippen LogP contribution in [0.4, 0.5) is 0 Å². The number of fused-ring (bicyclic) bond motifs is 3. The summed E-state index contributed by atoms with van der Waals surface area (Å²) in [5, 5.41) is 45.2. The maximum absolute atomic E-state index is 14.3. The van der Waals surface area contributed by atoms with Crippen LogP contribution in [0.3, 0.4) is 0 Å². The highest BCUT2D eigenvalue weighted by atomic mass is 16.3. The summed E-state index contributed by atoms with van der Waals surface area (Å²) < 4.78 is 0. The lowest BCUT2D eigenvalue weighted by atomic mass is 9.59. The van der Waals surface area contributed by atoms with Crippen LogP contribution in [-0.4, -0.2) is 43.4 Å². The van der Waals surface area contributed by atoms with Gasteiger partial charge in [0.1, 0.15) is 22.8 Å². The second kappa shape index (κ2) is 10.9. The fraction of sp³-hybridized carbons (Fsp3) is 0.378. The van der Waals surface area contributed by atoms with E-state index in [0.29, 0.717) is 11.5 Å². The fourth-order valence-electron chi connectivity index (χ4n) is 7.30. The van der Waals surface area contributed by atoms with Crippen molar-refractivity contribution >= 4 is 17.3 Å². The number of carbonyl (C=O) groups excluding carboxylic acids is 3. The van der Waals surface area contributed by atoms with Gasteiger partial charge in [0.2, 0.25) is 5.78 Å². The second-order valence-electron chi connectivity index (χ2n) is 12.8. The largest absolute Gasteiger partial charge is 0.511 e. The maximum Gasteiger partial charge on any atom is 0.209 e. The summed E-state index contributed by atoms with van der Waals surface area (Å²) in [7, 11) is 0. The molecular formula is C37H36O7. The van der Waals surface area contributed by atoms with Crippen molar-refractivity contribution in [2.24, 2.45) is 11.8 Å². The summed E-state index contributed by atoms with van der Waals surface area (Å²) >= 11 is 0. The van der Waals surface area contributed by atoms with Crippen molar-refractivity contribution in [3.63, 3.8) is 0 Å². The van der Waals surface area contributed by atoms with Gasteiger partial charge in [-0.05, 0) is 91.2 Å². The second-order valence-corrected chi connectivity index (χ2v) is 12.8. The monoisotopic (exact) mass is 592 g/mol. The van der Waals surface area contributed by atoms with E-state index in [4.69, 9.17) is 0 Å². The van der Waals surface area contributed by atoms with Crippen LogP contribution < -0.4 is 0 Å². The van der Waals surface area contributed by atoms with E-state index in [0.717, 1.165) is 54.9 Å². The number of phenolic OH excluding ortho intramolecular Hbond substituents is 1. The molecule has 0 amide bonds. The molecule has 0 saturated carbocycles. The molecule has 0 radical (unpaired) electrons. The molecule has 0 bridgehead atoms. The van der Waals surface area contributed by atoms with E-state index in [1.54, 1.807) is 0 Å². The number of hydrogen-bond donors (Lipinski definition) is 4. The van der Waals surface area contributed by atoms with Crippen LogP contribution in [0.15, 0.2) is 64.6 Å². The third-order valence-corrected chi connectivity index (χ3v) is 9.70. The van der Waals surface area contributed by atoms with Crippen molar-refractivity contribution in [1.82, 2.24) is 0 Å². The SMILES string of the molecule is CC(=O)C1=C(O)C[C@H]2C[C@H]3Cc4c(-c5ccc(C(C)C)cc5)cc(C#CC5=CCCCC5)c(O)c4C(=O)C3=C(O)[C@@]2(O)C1=O. The number of benzene rings is 2. The number of carbonyl (C=O) groups is 3. The van der Waals surface area contributed by atoms with Crippen LogP contribution in [-0.2, 0) is 16.0 Å². The Balaban J connectivity index is 1.54. The van der Waals surface area contributed by atoms with Gasteiger partial charge in [-0.15, -0.1) is 0 Å². The molecule has 3 atom stereocenters. The van der Waals surface area contributed by atoms with E-state index < -0.39 is 51.9 Å². The molecule has 0 aromatic heterocycles.